The van der Waals surface area contributed by atoms with Gasteiger partial charge in [0.2, 0.25) is 10.0 Å². The van der Waals surface area contributed by atoms with E-state index in [1.54, 1.807) is 7.05 Å². The second-order valence-corrected chi connectivity index (χ2v) is 7.04. The van der Waals surface area contributed by atoms with Gasteiger partial charge >= 0.3 is 6.18 Å². The summed E-state index contributed by atoms with van der Waals surface area (Å²) in [5.41, 5.74) is -0.851. The molecule has 1 atom stereocenters. The first-order valence-corrected chi connectivity index (χ1v) is 8.01. The molecular weight excluding hydrogens is 305 g/mol. The van der Waals surface area contributed by atoms with Crippen LogP contribution in [0.15, 0.2) is 29.2 Å². The normalized spacial score (nSPS) is 20.9. The van der Waals surface area contributed by atoms with Gasteiger partial charge in [-0.3, -0.25) is 0 Å². The van der Waals surface area contributed by atoms with Crippen molar-refractivity contribution in [2.45, 2.75) is 17.5 Å². The molecule has 4 nitrogen and oxygen atoms in total. The van der Waals surface area contributed by atoms with Crippen molar-refractivity contribution in [3.63, 3.8) is 0 Å². The second kappa shape index (κ2) is 5.94. The van der Waals surface area contributed by atoms with Crippen LogP contribution in [0.25, 0.3) is 0 Å². The van der Waals surface area contributed by atoms with E-state index in [0.29, 0.717) is 13.1 Å². The number of benzene rings is 1. The molecule has 8 heteroatoms. The zero-order valence-electron chi connectivity index (χ0n) is 11.5. The van der Waals surface area contributed by atoms with E-state index >= 15 is 0 Å². The molecule has 1 aliphatic heterocycles. The average molecular weight is 322 g/mol. The molecule has 0 amide bonds. The molecule has 1 N–H and O–H groups in total. The van der Waals surface area contributed by atoms with Crippen molar-refractivity contribution in [3.8, 4) is 0 Å². The van der Waals surface area contributed by atoms with Crippen molar-refractivity contribution in [2.24, 2.45) is 5.92 Å². The molecule has 1 fully saturated rings. The van der Waals surface area contributed by atoms with Gasteiger partial charge in [-0.05, 0) is 50.2 Å². The Morgan fingerprint density at radius 1 is 1.29 bits per heavy atom. The Balaban J connectivity index is 2.17. The van der Waals surface area contributed by atoms with Crippen LogP contribution in [0.3, 0.4) is 0 Å². The van der Waals surface area contributed by atoms with Gasteiger partial charge in [0.1, 0.15) is 0 Å². The standard InChI is InChI=1S/C13H17F3N2O2S/c1-17-8-10-6-7-18(9-10)21(19,20)12-4-2-11(3-5-12)13(14,15)16/h2-5,10,17H,6-9H2,1H3. The highest BCUT2D eigenvalue weighted by Gasteiger charge is 2.34. The summed E-state index contributed by atoms with van der Waals surface area (Å²) in [4.78, 5) is -0.0967. The lowest BCUT2D eigenvalue weighted by Gasteiger charge is -2.17. The molecule has 1 aromatic rings. The summed E-state index contributed by atoms with van der Waals surface area (Å²) in [6, 6.07) is 3.63. The number of nitrogens with zero attached hydrogens (tertiary/aromatic N) is 1. The van der Waals surface area contributed by atoms with E-state index < -0.39 is 21.8 Å². The molecular formula is C13H17F3N2O2S. The Bertz CT molecular complexity index is 584. The summed E-state index contributed by atoms with van der Waals surface area (Å²) in [6.45, 7) is 1.51. The lowest BCUT2D eigenvalue weighted by molar-refractivity contribution is -0.137. The molecule has 118 valence electrons. The first kappa shape index (κ1) is 16.3. The van der Waals surface area contributed by atoms with Crippen LogP contribution in [0.4, 0.5) is 13.2 Å². The highest BCUT2D eigenvalue weighted by Crippen LogP contribution is 2.31. The van der Waals surface area contributed by atoms with Crippen LogP contribution in [0, 0.1) is 5.92 Å². The van der Waals surface area contributed by atoms with Gasteiger partial charge in [-0.1, -0.05) is 0 Å². The summed E-state index contributed by atoms with van der Waals surface area (Å²) >= 11 is 0. The van der Waals surface area contributed by atoms with E-state index in [2.05, 4.69) is 5.32 Å². The van der Waals surface area contributed by atoms with Crippen LogP contribution in [0.5, 0.6) is 0 Å². The summed E-state index contributed by atoms with van der Waals surface area (Å²) in [5.74, 6) is 0.235. The Labute approximate surface area is 122 Å². The first-order chi connectivity index (χ1) is 9.75. The Hall–Kier alpha value is -1.12. The van der Waals surface area contributed by atoms with E-state index in [-0.39, 0.29) is 10.8 Å². The largest absolute Gasteiger partial charge is 0.416 e. The van der Waals surface area contributed by atoms with E-state index in [1.807, 2.05) is 0 Å². The predicted molar refractivity (Wildman–Crippen MR) is 72.2 cm³/mol. The van der Waals surface area contributed by atoms with Gasteiger partial charge in [-0.2, -0.15) is 17.5 Å². The van der Waals surface area contributed by atoms with E-state index in [9.17, 15) is 21.6 Å². The highest BCUT2D eigenvalue weighted by molar-refractivity contribution is 7.89. The minimum atomic E-state index is -4.46. The Kier molecular flexibility index (Phi) is 4.60. The summed E-state index contributed by atoms with van der Waals surface area (Å²) in [5, 5.41) is 3.00. The van der Waals surface area contributed by atoms with Gasteiger partial charge in [-0.25, -0.2) is 8.42 Å². The van der Waals surface area contributed by atoms with Crippen LogP contribution in [-0.4, -0.2) is 39.4 Å². The smallest absolute Gasteiger partial charge is 0.319 e. The first-order valence-electron chi connectivity index (χ1n) is 6.57. The maximum atomic E-state index is 12.5. The van der Waals surface area contributed by atoms with Crippen LogP contribution < -0.4 is 5.32 Å². The molecule has 1 aliphatic rings. The van der Waals surface area contributed by atoms with Gasteiger partial charge < -0.3 is 5.32 Å². The van der Waals surface area contributed by atoms with Gasteiger partial charge in [0.15, 0.2) is 0 Å². The van der Waals surface area contributed by atoms with Crippen molar-refractivity contribution in [1.29, 1.82) is 0 Å². The number of halogens is 3. The molecule has 21 heavy (non-hydrogen) atoms. The van der Waals surface area contributed by atoms with Crippen LogP contribution in [0.1, 0.15) is 12.0 Å². The Morgan fingerprint density at radius 2 is 1.90 bits per heavy atom. The number of alkyl halides is 3. The van der Waals surface area contributed by atoms with Crippen LogP contribution in [0.2, 0.25) is 0 Å². The Morgan fingerprint density at radius 3 is 2.43 bits per heavy atom. The lowest BCUT2D eigenvalue weighted by atomic mass is 10.1. The molecule has 1 aromatic carbocycles. The molecule has 1 saturated heterocycles. The van der Waals surface area contributed by atoms with Crippen LogP contribution >= 0.6 is 0 Å². The highest BCUT2D eigenvalue weighted by atomic mass is 32.2. The SMILES string of the molecule is CNCC1CCN(S(=O)(=O)c2ccc(C(F)(F)F)cc2)C1. The summed E-state index contributed by atoms with van der Waals surface area (Å²) in [6.07, 6.45) is -3.71. The molecule has 0 bridgehead atoms. The zero-order valence-corrected chi connectivity index (χ0v) is 12.3. The number of rotatable bonds is 4. The fourth-order valence-corrected chi connectivity index (χ4v) is 3.97. The third-order valence-corrected chi connectivity index (χ3v) is 5.44. The molecule has 0 radical (unpaired) electrons. The van der Waals surface area contributed by atoms with Gasteiger partial charge in [-0.15, -0.1) is 0 Å². The van der Waals surface area contributed by atoms with E-state index in [4.69, 9.17) is 0 Å². The minimum absolute atomic E-state index is 0.0967. The second-order valence-electron chi connectivity index (χ2n) is 5.10. The van der Waals surface area contributed by atoms with E-state index in [0.717, 1.165) is 37.2 Å². The van der Waals surface area contributed by atoms with Gasteiger partial charge in [0.05, 0.1) is 10.5 Å². The molecule has 0 aromatic heterocycles. The quantitative estimate of drug-likeness (QED) is 0.921. The van der Waals surface area contributed by atoms with Crippen LogP contribution in [-0.2, 0) is 16.2 Å². The average Bonchev–Trinajstić information content (AvgIpc) is 2.88. The fraction of sp³-hybridized carbons (Fsp3) is 0.538. The fourth-order valence-electron chi connectivity index (χ4n) is 2.44. The van der Waals surface area contributed by atoms with Gasteiger partial charge in [0.25, 0.3) is 0 Å². The van der Waals surface area contributed by atoms with Crippen molar-refractivity contribution >= 4 is 10.0 Å². The number of hydrogen-bond acceptors (Lipinski definition) is 3. The summed E-state index contributed by atoms with van der Waals surface area (Å²) < 4.78 is 63.5. The molecule has 1 heterocycles. The van der Waals surface area contributed by atoms with Crippen molar-refractivity contribution in [2.75, 3.05) is 26.7 Å². The van der Waals surface area contributed by atoms with E-state index in [1.165, 1.54) is 4.31 Å². The molecule has 0 spiro atoms. The number of nitrogens with one attached hydrogen (secondary N) is 1. The summed E-state index contributed by atoms with van der Waals surface area (Å²) in [7, 11) is -1.92. The van der Waals surface area contributed by atoms with Crippen molar-refractivity contribution in [1.82, 2.24) is 9.62 Å². The predicted octanol–water partition coefficient (Wildman–Crippen LogP) is 1.94. The maximum absolute atomic E-state index is 12.5. The van der Waals surface area contributed by atoms with Crippen molar-refractivity contribution in [3.05, 3.63) is 29.8 Å². The molecule has 0 saturated carbocycles. The number of sulfonamides is 1. The minimum Gasteiger partial charge on any atom is -0.319 e. The number of hydrogen-bond donors (Lipinski definition) is 1. The molecule has 0 aliphatic carbocycles. The molecule has 2 rings (SSSR count). The topological polar surface area (TPSA) is 49.4 Å². The third kappa shape index (κ3) is 3.56. The molecule has 1 unspecified atom stereocenters. The monoisotopic (exact) mass is 322 g/mol. The van der Waals surface area contributed by atoms with Crippen molar-refractivity contribution < 1.29 is 21.6 Å². The third-order valence-electron chi connectivity index (χ3n) is 3.56. The maximum Gasteiger partial charge on any atom is 0.416 e. The van der Waals surface area contributed by atoms with Gasteiger partial charge in [0, 0.05) is 13.1 Å². The zero-order chi connectivity index (χ0) is 15.7. The lowest BCUT2D eigenvalue weighted by Crippen LogP contribution is -2.30.